The fourth-order valence-corrected chi connectivity index (χ4v) is 2.02. The molecule has 1 fully saturated rings. The Morgan fingerprint density at radius 3 is 2.69 bits per heavy atom. The Morgan fingerprint density at radius 1 is 1.38 bits per heavy atom. The van der Waals surface area contributed by atoms with E-state index in [1.807, 2.05) is 0 Å². The third-order valence-corrected chi connectivity index (χ3v) is 3.35. The Hall–Kier alpha value is -0.520. The summed E-state index contributed by atoms with van der Waals surface area (Å²) in [5.41, 5.74) is 5.55. The van der Waals surface area contributed by atoms with Crippen LogP contribution in [0.3, 0.4) is 0 Å². The highest BCUT2D eigenvalue weighted by atomic mass is 79.9. The summed E-state index contributed by atoms with van der Waals surface area (Å²) in [6.45, 7) is -0.0471. The van der Waals surface area contributed by atoms with Crippen LogP contribution >= 0.6 is 15.9 Å². The summed E-state index contributed by atoms with van der Waals surface area (Å²) in [6.07, 6.45) is 1.56. The monoisotopic (exact) mass is 291 g/mol. The number of hydrogen-bond donors (Lipinski definition) is 1. The molecule has 0 bridgehead atoms. The lowest BCUT2D eigenvalue weighted by Crippen LogP contribution is -2.41. The zero-order valence-corrected chi connectivity index (χ0v) is 10.1. The minimum atomic E-state index is -0.594. The molecule has 0 radical (unpaired) electrons. The molecule has 1 aromatic rings. The molecule has 2 N–H and O–H groups in total. The first-order valence-electron chi connectivity index (χ1n) is 5.07. The molecule has 0 unspecified atom stereocenters. The topological polar surface area (TPSA) is 35.2 Å². The van der Waals surface area contributed by atoms with E-state index in [1.165, 1.54) is 12.1 Å². The van der Waals surface area contributed by atoms with Crippen molar-refractivity contribution in [3.8, 4) is 0 Å². The Kier molecular flexibility index (Phi) is 3.56. The number of benzene rings is 1. The van der Waals surface area contributed by atoms with Gasteiger partial charge in [0.05, 0.1) is 22.7 Å². The quantitative estimate of drug-likeness (QED) is 0.869. The van der Waals surface area contributed by atoms with Gasteiger partial charge in [0, 0.05) is 6.04 Å². The number of ether oxygens (including phenoxy) is 1. The molecule has 0 aliphatic heterocycles. The van der Waals surface area contributed by atoms with Gasteiger partial charge in [0.15, 0.2) is 0 Å². The van der Waals surface area contributed by atoms with E-state index in [-0.39, 0.29) is 28.8 Å². The van der Waals surface area contributed by atoms with Crippen molar-refractivity contribution in [2.24, 2.45) is 5.73 Å². The van der Waals surface area contributed by atoms with E-state index in [0.29, 0.717) is 0 Å². The molecular weight excluding hydrogens is 280 g/mol. The van der Waals surface area contributed by atoms with E-state index >= 15 is 0 Å². The maximum atomic E-state index is 13.5. The maximum Gasteiger partial charge on any atom is 0.145 e. The summed E-state index contributed by atoms with van der Waals surface area (Å²) in [6, 6.07) is 2.73. The number of hydrogen-bond acceptors (Lipinski definition) is 2. The average Bonchev–Trinajstić information content (AvgIpc) is 2.21. The molecule has 0 aromatic heterocycles. The highest BCUT2D eigenvalue weighted by Crippen LogP contribution is 2.26. The van der Waals surface area contributed by atoms with Crippen LogP contribution in [-0.4, -0.2) is 12.1 Å². The lowest BCUT2D eigenvalue weighted by atomic mass is 9.90. The Labute approximate surface area is 101 Å². The summed E-state index contributed by atoms with van der Waals surface area (Å²) < 4.78 is 32.5. The van der Waals surface area contributed by atoms with Crippen molar-refractivity contribution in [3.63, 3.8) is 0 Å². The molecule has 0 atom stereocenters. The van der Waals surface area contributed by atoms with Crippen LogP contribution in [-0.2, 0) is 11.3 Å². The van der Waals surface area contributed by atoms with Gasteiger partial charge in [-0.15, -0.1) is 0 Å². The van der Waals surface area contributed by atoms with E-state index in [9.17, 15) is 8.78 Å². The molecule has 0 spiro atoms. The van der Waals surface area contributed by atoms with Crippen LogP contribution in [0.4, 0.5) is 8.78 Å². The molecule has 1 aromatic carbocycles. The van der Waals surface area contributed by atoms with E-state index in [0.717, 1.165) is 12.8 Å². The van der Waals surface area contributed by atoms with Crippen LogP contribution in [0, 0.1) is 11.6 Å². The van der Waals surface area contributed by atoms with Crippen molar-refractivity contribution in [2.45, 2.75) is 31.6 Å². The first kappa shape index (κ1) is 12.0. The van der Waals surface area contributed by atoms with E-state index in [4.69, 9.17) is 10.5 Å². The van der Waals surface area contributed by atoms with Crippen LogP contribution < -0.4 is 5.73 Å². The minimum absolute atomic E-state index is 0.0325. The van der Waals surface area contributed by atoms with Crippen LogP contribution in [0.2, 0.25) is 0 Å². The standard InChI is InChI=1S/C11H12BrF2NO/c12-9-1-2-10(13)8(11(9)14)5-16-7-3-6(15)4-7/h1-2,6-7H,3-5,15H2. The van der Waals surface area contributed by atoms with Crippen LogP contribution in [0.5, 0.6) is 0 Å². The Morgan fingerprint density at radius 2 is 2.06 bits per heavy atom. The summed E-state index contributed by atoms with van der Waals surface area (Å²) in [5.74, 6) is -1.17. The molecule has 5 heteroatoms. The van der Waals surface area contributed by atoms with Crippen molar-refractivity contribution in [2.75, 3.05) is 0 Å². The molecule has 1 aliphatic carbocycles. The van der Waals surface area contributed by atoms with E-state index < -0.39 is 11.6 Å². The molecule has 2 rings (SSSR count). The largest absolute Gasteiger partial charge is 0.373 e. The highest BCUT2D eigenvalue weighted by molar-refractivity contribution is 9.10. The molecule has 16 heavy (non-hydrogen) atoms. The van der Waals surface area contributed by atoms with Crippen LogP contribution in [0.1, 0.15) is 18.4 Å². The van der Waals surface area contributed by atoms with Gasteiger partial charge in [0.25, 0.3) is 0 Å². The molecule has 0 heterocycles. The molecule has 88 valence electrons. The zero-order valence-electron chi connectivity index (χ0n) is 8.55. The molecule has 0 amide bonds. The molecule has 0 saturated heterocycles. The van der Waals surface area contributed by atoms with Gasteiger partial charge in [0.2, 0.25) is 0 Å². The fourth-order valence-electron chi connectivity index (χ4n) is 1.64. The van der Waals surface area contributed by atoms with Crippen LogP contribution in [0.15, 0.2) is 16.6 Å². The maximum absolute atomic E-state index is 13.5. The van der Waals surface area contributed by atoms with Gasteiger partial charge in [-0.05, 0) is 40.9 Å². The fraction of sp³-hybridized carbons (Fsp3) is 0.455. The predicted octanol–water partition coefficient (Wildman–Crippen LogP) is 2.73. The smallest absolute Gasteiger partial charge is 0.145 e. The first-order valence-corrected chi connectivity index (χ1v) is 5.86. The normalized spacial score (nSPS) is 24.2. The van der Waals surface area contributed by atoms with E-state index in [1.54, 1.807) is 0 Å². The van der Waals surface area contributed by atoms with Crippen LogP contribution in [0.25, 0.3) is 0 Å². The minimum Gasteiger partial charge on any atom is -0.373 e. The number of nitrogens with two attached hydrogens (primary N) is 1. The highest BCUT2D eigenvalue weighted by Gasteiger charge is 2.27. The van der Waals surface area contributed by atoms with Gasteiger partial charge in [-0.25, -0.2) is 8.78 Å². The second-order valence-electron chi connectivity index (χ2n) is 3.99. The summed E-state index contributed by atoms with van der Waals surface area (Å²) in [7, 11) is 0. The van der Waals surface area contributed by atoms with Gasteiger partial charge >= 0.3 is 0 Å². The van der Waals surface area contributed by atoms with Gasteiger partial charge in [0.1, 0.15) is 11.6 Å². The lowest BCUT2D eigenvalue weighted by molar-refractivity contribution is -0.0209. The number of halogens is 3. The predicted molar refractivity (Wildman–Crippen MR) is 59.8 cm³/mol. The third-order valence-electron chi connectivity index (χ3n) is 2.73. The summed E-state index contributed by atoms with van der Waals surface area (Å²) in [5, 5.41) is 0. The van der Waals surface area contributed by atoms with Gasteiger partial charge < -0.3 is 10.5 Å². The van der Waals surface area contributed by atoms with Crippen molar-refractivity contribution in [3.05, 3.63) is 33.8 Å². The van der Waals surface area contributed by atoms with Crippen molar-refractivity contribution >= 4 is 15.9 Å². The second kappa shape index (κ2) is 4.77. The van der Waals surface area contributed by atoms with Crippen molar-refractivity contribution in [1.82, 2.24) is 0 Å². The Balaban J connectivity index is 2.01. The van der Waals surface area contributed by atoms with Gasteiger partial charge in [-0.3, -0.25) is 0 Å². The summed E-state index contributed by atoms with van der Waals surface area (Å²) >= 11 is 3.01. The Bertz CT molecular complexity index is 394. The molecule has 1 saturated carbocycles. The molecule has 2 nitrogen and oxygen atoms in total. The molecule has 1 aliphatic rings. The summed E-state index contributed by atoms with van der Waals surface area (Å²) in [4.78, 5) is 0. The zero-order chi connectivity index (χ0) is 11.7. The SMILES string of the molecule is NC1CC(OCc2c(F)ccc(Br)c2F)C1. The first-order chi connectivity index (χ1) is 7.58. The second-order valence-corrected chi connectivity index (χ2v) is 4.84. The van der Waals surface area contributed by atoms with Crippen molar-refractivity contribution in [1.29, 1.82) is 0 Å². The number of rotatable bonds is 3. The lowest BCUT2D eigenvalue weighted by Gasteiger charge is -2.32. The van der Waals surface area contributed by atoms with Gasteiger partial charge in [-0.2, -0.15) is 0 Å². The third kappa shape index (κ3) is 2.42. The molecular formula is C11H12BrF2NO. The van der Waals surface area contributed by atoms with Gasteiger partial charge in [-0.1, -0.05) is 0 Å². The average molecular weight is 292 g/mol. The van der Waals surface area contributed by atoms with Crippen molar-refractivity contribution < 1.29 is 13.5 Å². The van der Waals surface area contributed by atoms with E-state index in [2.05, 4.69) is 15.9 Å².